The predicted octanol–water partition coefficient (Wildman–Crippen LogP) is 2.51. The van der Waals surface area contributed by atoms with Gasteiger partial charge in [0.1, 0.15) is 6.10 Å². The molecular weight excluding hydrogens is 316 g/mol. The minimum absolute atomic E-state index is 0.0107. The average molecular weight is 344 g/mol. The van der Waals surface area contributed by atoms with Gasteiger partial charge in [0.05, 0.1) is 6.61 Å². The summed E-state index contributed by atoms with van der Waals surface area (Å²) >= 11 is 0. The normalized spacial score (nSPS) is 15.8. The Hall–Kier alpha value is -2.14. The van der Waals surface area contributed by atoms with Gasteiger partial charge in [0.25, 0.3) is 11.8 Å². The molecule has 25 heavy (non-hydrogen) atoms. The van der Waals surface area contributed by atoms with E-state index in [4.69, 9.17) is 4.74 Å². The second-order valence-electron chi connectivity index (χ2n) is 6.26. The number of ether oxygens (including phenoxy) is 1. The summed E-state index contributed by atoms with van der Waals surface area (Å²) in [5, 5.41) is 0. The van der Waals surface area contributed by atoms with Crippen LogP contribution < -0.4 is 0 Å². The van der Waals surface area contributed by atoms with Crippen molar-refractivity contribution in [3.63, 3.8) is 0 Å². The molecule has 1 aliphatic rings. The maximum Gasteiger partial charge on any atom is 0.253 e. The second kappa shape index (κ2) is 9.37. The molecule has 1 heterocycles. The predicted molar refractivity (Wildman–Crippen MR) is 98.5 cm³/mol. The van der Waals surface area contributed by atoms with E-state index in [2.05, 4.69) is 13.5 Å². The van der Waals surface area contributed by atoms with Crippen molar-refractivity contribution in [2.45, 2.75) is 32.8 Å². The van der Waals surface area contributed by atoms with E-state index in [0.717, 1.165) is 12.8 Å². The Kier molecular flexibility index (Phi) is 7.19. The Morgan fingerprint density at radius 2 is 1.76 bits per heavy atom. The van der Waals surface area contributed by atoms with Crippen molar-refractivity contribution >= 4 is 11.8 Å². The minimum Gasteiger partial charge on any atom is -0.368 e. The number of rotatable bonds is 7. The first kappa shape index (κ1) is 19.2. The van der Waals surface area contributed by atoms with Gasteiger partial charge >= 0.3 is 0 Å². The highest BCUT2D eigenvalue weighted by molar-refractivity contribution is 5.94. The fourth-order valence-electron chi connectivity index (χ4n) is 2.85. The van der Waals surface area contributed by atoms with E-state index in [9.17, 15) is 9.59 Å². The molecule has 1 aliphatic heterocycles. The number of hydrogen-bond donors (Lipinski definition) is 0. The van der Waals surface area contributed by atoms with E-state index >= 15 is 0 Å². The molecule has 5 nitrogen and oxygen atoms in total. The van der Waals surface area contributed by atoms with Crippen LogP contribution in [-0.4, -0.2) is 60.5 Å². The zero-order chi connectivity index (χ0) is 18.2. The Morgan fingerprint density at radius 1 is 1.16 bits per heavy atom. The van der Waals surface area contributed by atoms with Gasteiger partial charge in [0.15, 0.2) is 0 Å². The SMILES string of the molecule is C=CCCOC(C)C(=O)N1CCN(C(=O)c2ccc(CC)cc2)CC1. The van der Waals surface area contributed by atoms with Gasteiger partial charge in [-0.15, -0.1) is 6.58 Å². The number of hydrogen-bond acceptors (Lipinski definition) is 3. The first-order valence-electron chi connectivity index (χ1n) is 8.96. The molecule has 0 bridgehead atoms. The smallest absolute Gasteiger partial charge is 0.253 e. The second-order valence-corrected chi connectivity index (χ2v) is 6.26. The van der Waals surface area contributed by atoms with Crippen molar-refractivity contribution in [3.8, 4) is 0 Å². The quantitative estimate of drug-likeness (QED) is 0.564. The van der Waals surface area contributed by atoms with Crippen LogP contribution >= 0.6 is 0 Å². The number of nitrogens with zero attached hydrogens (tertiary/aromatic N) is 2. The van der Waals surface area contributed by atoms with Crippen molar-refractivity contribution in [1.82, 2.24) is 9.80 Å². The summed E-state index contributed by atoms with van der Waals surface area (Å²) in [5.41, 5.74) is 1.93. The van der Waals surface area contributed by atoms with Gasteiger partial charge in [-0.05, 0) is 37.5 Å². The lowest BCUT2D eigenvalue weighted by molar-refractivity contribution is -0.144. The van der Waals surface area contributed by atoms with Crippen LogP contribution in [0.5, 0.6) is 0 Å². The van der Waals surface area contributed by atoms with Crippen LogP contribution in [0, 0.1) is 0 Å². The number of carbonyl (C=O) groups is 2. The summed E-state index contributed by atoms with van der Waals surface area (Å²) in [6, 6.07) is 7.76. The van der Waals surface area contributed by atoms with E-state index in [1.54, 1.807) is 17.9 Å². The third kappa shape index (κ3) is 5.16. The van der Waals surface area contributed by atoms with E-state index in [1.165, 1.54) is 5.56 Å². The zero-order valence-corrected chi connectivity index (χ0v) is 15.2. The number of aryl methyl sites for hydroxylation is 1. The summed E-state index contributed by atoms with van der Waals surface area (Å²) in [5.74, 6) is 0.0218. The van der Waals surface area contributed by atoms with Crippen molar-refractivity contribution in [3.05, 3.63) is 48.0 Å². The van der Waals surface area contributed by atoms with Gasteiger partial charge in [-0.2, -0.15) is 0 Å². The Morgan fingerprint density at radius 3 is 2.32 bits per heavy atom. The molecular formula is C20H28N2O3. The lowest BCUT2D eigenvalue weighted by Crippen LogP contribution is -2.52. The number of piperazine rings is 1. The summed E-state index contributed by atoms with van der Waals surface area (Å²) < 4.78 is 5.52. The summed E-state index contributed by atoms with van der Waals surface area (Å²) in [6.45, 7) is 10.2. The molecule has 1 aromatic carbocycles. The Bertz CT molecular complexity index is 589. The first-order chi connectivity index (χ1) is 12.1. The standard InChI is InChI=1S/C20H28N2O3/c1-4-6-15-25-16(3)19(23)21-11-13-22(14-12-21)20(24)18-9-7-17(5-2)8-10-18/h4,7-10,16H,1,5-6,11-15H2,2-3H3. The van der Waals surface area contributed by atoms with Crippen LogP contribution in [-0.2, 0) is 16.0 Å². The molecule has 1 fully saturated rings. The molecule has 2 rings (SSSR count). The van der Waals surface area contributed by atoms with Crippen molar-refractivity contribution in [2.24, 2.45) is 0 Å². The molecule has 0 aromatic heterocycles. The van der Waals surface area contributed by atoms with Crippen molar-refractivity contribution in [2.75, 3.05) is 32.8 Å². The van der Waals surface area contributed by atoms with Crippen LogP contribution in [0.2, 0.25) is 0 Å². The maximum absolute atomic E-state index is 12.6. The van der Waals surface area contributed by atoms with Crippen molar-refractivity contribution in [1.29, 1.82) is 0 Å². The van der Waals surface area contributed by atoms with Crippen LogP contribution in [0.3, 0.4) is 0 Å². The van der Waals surface area contributed by atoms with Crippen LogP contribution in [0.1, 0.15) is 36.2 Å². The summed E-state index contributed by atoms with van der Waals surface area (Å²) in [4.78, 5) is 28.5. The molecule has 1 atom stereocenters. The molecule has 1 saturated heterocycles. The highest BCUT2D eigenvalue weighted by atomic mass is 16.5. The Balaban J connectivity index is 1.84. The largest absolute Gasteiger partial charge is 0.368 e. The number of benzene rings is 1. The van der Waals surface area contributed by atoms with E-state index in [1.807, 2.05) is 29.2 Å². The van der Waals surface area contributed by atoms with Crippen molar-refractivity contribution < 1.29 is 14.3 Å². The molecule has 1 unspecified atom stereocenters. The zero-order valence-electron chi connectivity index (χ0n) is 15.2. The average Bonchev–Trinajstić information content (AvgIpc) is 2.67. The third-order valence-electron chi connectivity index (χ3n) is 4.53. The van der Waals surface area contributed by atoms with Crippen LogP contribution in [0.15, 0.2) is 36.9 Å². The molecule has 2 amide bonds. The van der Waals surface area contributed by atoms with Crippen LogP contribution in [0.25, 0.3) is 0 Å². The molecule has 0 spiro atoms. The fourth-order valence-corrected chi connectivity index (χ4v) is 2.85. The van der Waals surface area contributed by atoms with Gasteiger partial charge in [0.2, 0.25) is 0 Å². The van der Waals surface area contributed by atoms with Crippen LogP contribution in [0.4, 0.5) is 0 Å². The highest BCUT2D eigenvalue weighted by Gasteiger charge is 2.27. The highest BCUT2D eigenvalue weighted by Crippen LogP contribution is 2.12. The molecule has 0 aliphatic carbocycles. The monoisotopic (exact) mass is 344 g/mol. The Labute approximate surface area is 150 Å². The molecule has 0 saturated carbocycles. The van der Waals surface area contributed by atoms with E-state index in [0.29, 0.717) is 38.3 Å². The molecule has 1 aromatic rings. The fraction of sp³-hybridized carbons (Fsp3) is 0.500. The topological polar surface area (TPSA) is 49.9 Å². The summed E-state index contributed by atoms with van der Waals surface area (Å²) in [7, 11) is 0. The third-order valence-corrected chi connectivity index (χ3v) is 4.53. The molecule has 136 valence electrons. The molecule has 0 radical (unpaired) electrons. The van der Waals surface area contributed by atoms with Gasteiger partial charge in [0, 0.05) is 31.7 Å². The first-order valence-corrected chi connectivity index (χ1v) is 8.96. The molecule has 5 heteroatoms. The van der Waals surface area contributed by atoms with E-state index < -0.39 is 6.10 Å². The van der Waals surface area contributed by atoms with Gasteiger partial charge in [-0.1, -0.05) is 25.1 Å². The van der Waals surface area contributed by atoms with Gasteiger partial charge < -0.3 is 14.5 Å². The lowest BCUT2D eigenvalue weighted by atomic mass is 10.1. The number of amides is 2. The maximum atomic E-state index is 12.6. The number of carbonyl (C=O) groups excluding carboxylic acids is 2. The minimum atomic E-state index is -0.455. The van der Waals surface area contributed by atoms with E-state index in [-0.39, 0.29) is 11.8 Å². The van der Waals surface area contributed by atoms with Gasteiger partial charge in [-0.3, -0.25) is 9.59 Å². The molecule has 0 N–H and O–H groups in total. The summed E-state index contributed by atoms with van der Waals surface area (Å²) in [6.07, 6.45) is 3.01. The van der Waals surface area contributed by atoms with Gasteiger partial charge in [-0.25, -0.2) is 0 Å². The lowest BCUT2D eigenvalue weighted by Gasteiger charge is -2.36.